The molecule has 0 amide bonds. The summed E-state index contributed by atoms with van der Waals surface area (Å²) in [6.45, 7) is 6.06. The van der Waals surface area contributed by atoms with Gasteiger partial charge in [-0.3, -0.25) is 4.90 Å². The van der Waals surface area contributed by atoms with Gasteiger partial charge in [-0.25, -0.2) is 4.68 Å². The lowest BCUT2D eigenvalue weighted by molar-refractivity contribution is 0.248. The lowest BCUT2D eigenvalue weighted by Crippen LogP contribution is -2.46. The molecule has 2 aromatic carbocycles. The first-order chi connectivity index (χ1) is 13.2. The average molecular weight is 386 g/mol. The van der Waals surface area contributed by atoms with Crippen LogP contribution in [0.25, 0.3) is 11.0 Å². The fraction of sp³-hybridized carbons (Fsp3) is 0.400. The van der Waals surface area contributed by atoms with E-state index in [-0.39, 0.29) is 0 Å². The molecular formula is C20H24ClN5O. The molecule has 0 saturated carbocycles. The predicted molar refractivity (Wildman–Crippen MR) is 109 cm³/mol. The molecule has 1 aliphatic rings. The molecule has 0 radical (unpaired) electrons. The molecule has 1 fully saturated rings. The van der Waals surface area contributed by atoms with Gasteiger partial charge in [0.25, 0.3) is 0 Å². The molecule has 0 spiro atoms. The second-order valence-corrected chi connectivity index (χ2v) is 7.24. The molecule has 142 valence electrons. The van der Waals surface area contributed by atoms with Crippen LogP contribution in [0.4, 0.5) is 5.69 Å². The zero-order valence-electron chi connectivity index (χ0n) is 15.5. The lowest BCUT2D eigenvalue weighted by atomic mass is 10.2. The normalized spacial score (nSPS) is 15.4. The second kappa shape index (κ2) is 8.15. The van der Waals surface area contributed by atoms with Crippen LogP contribution >= 0.6 is 11.6 Å². The number of halogens is 1. The van der Waals surface area contributed by atoms with Crippen molar-refractivity contribution in [1.29, 1.82) is 0 Å². The minimum absolute atomic E-state index is 0.721. The Morgan fingerprint density at radius 3 is 2.67 bits per heavy atom. The molecule has 27 heavy (non-hydrogen) atoms. The van der Waals surface area contributed by atoms with Crippen molar-refractivity contribution in [2.75, 3.05) is 44.7 Å². The summed E-state index contributed by atoms with van der Waals surface area (Å²) in [5, 5.41) is 9.19. The minimum Gasteiger partial charge on any atom is -0.495 e. The Labute approximate surface area is 164 Å². The molecule has 1 aliphatic heterocycles. The topological polar surface area (TPSA) is 46.4 Å². The summed E-state index contributed by atoms with van der Waals surface area (Å²) in [6, 6.07) is 13.9. The summed E-state index contributed by atoms with van der Waals surface area (Å²) in [7, 11) is 1.73. The molecular weight excluding hydrogens is 362 g/mol. The SMILES string of the molecule is COc1ccccc1N1CCN(CCCn2nnc3ccc(Cl)cc32)CC1. The van der Waals surface area contributed by atoms with Crippen LogP contribution in [0.3, 0.4) is 0 Å². The van der Waals surface area contributed by atoms with Crippen LogP contribution in [-0.2, 0) is 6.54 Å². The van der Waals surface area contributed by atoms with Gasteiger partial charge in [0, 0.05) is 44.3 Å². The van der Waals surface area contributed by atoms with E-state index >= 15 is 0 Å². The quantitative estimate of drug-likeness (QED) is 0.651. The summed E-state index contributed by atoms with van der Waals surface area (Å²) in [5.74, 6) is 0.947. The molecule has 0 atom stereocenters. The summed E-state index contributed by atoms with van der Waals surface area (Å²) >= 11 is 6.10. The molecule has 3 aromatic rings. The van der Waals surface area contributed by atoms with Crippen LogP contribution in [0.1, 0.15) is 6.42 Å². The number of para-hydroxylation sites is 2. The van der Waals surface area contributed by atoms with Crippen LogP contribution in [0, 0.1) is 0 Å². The Morgan fingerprint density at radius 2 is 1.85 bits per heavy atom. The van der Waals surface area contributed by atoms with Crippen LogP contribution in [-0.4, -0.2) is 59.7 Å². The number of aromatic nitrogens is 3. The highest BCUT2D eigenvalue weighted by molar-refractivity contribution is 6.31. The van der Waals surface area contributed by atoms with Gasteiger partial charge in [-0.2, -0.15) is 0 Å². The third-order valence-corrected chi connectivity index (χ3v) is 5.35. The van der Waals surface area contributed by atoms with E-state index in [2.05, 4.69) is 32.2 Å². The highest BCUT2D eigenvalue weighted by Crippen LogP contribution is 2.28. The van der Waals surface area contributed by atoms with E-state index in [4.69, 9.17) is 16.3 Å². The van der Waals surface area contributed by atoms with Gasteiger partial charge in [-0.1, -0.05) is 28.9 Å². The molecule has 0 N–H and O–H groups in total. The highest BCUT2D eigenvalue weighted by atomic mass is 35.5. The number of hydrogen-bond donors (Lipinski definition) is 0. The molecule has 7 heteroatoms. The maximum atomic E-state index is 6.10. The number of aryl methyl sites for hydroxylation is 1. The Balaban J connectivity index is 1.29. The number of methoxy groups -OCH3 is 1. The number of benzene rings is 2. The third kappa shape index (κ3) is 4.01. The van der Waals surface area contributed by atoms with Gasteiger partial charge in [-0.05, 0) is 36.8 Å². The Kier molecular flexibility index (Phi) is 5.45. The van der Waals surface area contributed by atoms with Crippen LogP contribution in [0.15, 0.2) is 42.5 Å². The molecule has 4 rings (SSSR count). The van der Waals surface area contributed by atoms with Gasteiger partial charge < -0.3 is 9.64 Å². The van der Waals surface area contributed by atoms with Gasteiger partial charge in [0.05, 0.1) is 18.3 Å². The van der Waals surface area contributed by atoms with Crippen LogP contribution in [0.2, 0.25) is 5.02 Å². The van der Waals surface area contributed by atoms with Crippen molar-refractivity contribution in [3.8, 4) is 5.75 Å². The largest absolute Gasteiger partial charge is 0.495 e. The first-order valence-electron chi connectivity index (χ1n) is 9.33. The number of piperazine rings is 1. The van der Waals surface area contributed by atoms with Crippen molar-refractivity contribution >= 4 is 28.3 Å². The number of anilines is 1. The van der Waals surface area contributed by atoms with Crippen molar-refractivity contribution in [1.82, 2.24) is 19.9 Å². The zero-order chi connectivity index (χ0) is 18.6. The number of nitrogens with zero attached hydrogens (tertiary/aromatic N) is 5. The smallest absolute Gasteiger partial charge is 0.142 e. The summed E-state index contributed by atoms with van der Waals surface area (Å²) in [6.07, 6.45) is 1.04. The van der Waals surface area contributed by atoms with Crippen molar-refractivity contribution in [2.24, 2.45) is 0 Å². The first kappa shape index (κ1) is 18.1. The number of rotatable bonds is 6. The molecule has 1 aromatic heterocycles. The van der Waals surface area contributed by atoms with E-state index < -0.39 is 0 Å². The first-order valence-corrected chi connectivity index (χ1v) is 9.71. The van der Waals surface area contributed by atoms with Gasteiger partial charge in [0.15, 0.2) is 0 Å². The van der Waals surface area contributed by atoms with Gasteiger partial charge in [-0.15, -0.1) is 5.10 Å². The summed E-state index contributed by atoms with van der Waals surface area (Å²) in [5.41, 5.74) is 3.08. The molecule has 6 nitrogen and oxygen atoms in total. The molecule has 0 unspecified atom stereocenters. The fourth-order valence-corrected chi connectivity index (χ4v) is 3.82. The highest BCUT2D eigenvalue weighted by Gasteiger charge is 2.19. The van der Waals surface area contributed by atoms with E-state index in [1.807, 2.05) is 35.0 Å². The maximum absolute atomic E-state index is 6.10. The van der Waals surface area contributed by atoms with E-state index in [1.165, 1.54) is 5.69 Å². The van der Waals surface area contributed by atoms with Gasteiger partial charge in [0.2, 0.25) is 0 Å². The lowest BCUT2D eigenvalue weighted by Gasteiger charge is -2.36. The van der Waals surface area contributed by atoms with Crippen molar-refractivity contribution in [3.63, 3.8) is 0 Å². The number of ether oxygens (including phenoxy) is 1. The molecule has 0 aliphatic carbocycles. The third-order valence-electron chi connectivity index (χ3n) is 5.12. The van der Waals surface area contributed by atoms with Gasteiger partial charge in [0.1, 0.15) is 11.3 Å². The maximum Gasteiger partial charge on any atom is 0.142 e. The predicted octanol–water partition coefficient (Wildman–Crippen LogP) is 3.31. The van der Waals surface area contributed by atoms with E-state index in [0.29, 0.717) is 0 Å². The van der Waals surface area contributed by atoms with Crippen molar-refractivity contribution in [3.05, 3.63) is 47.5 Å². The number of hydrogen-bond acceptors (Lipinski definition) is 5. The van der Waals surface area contributed by atoms with Crippen LogP contribution < -0.4 is 9.64 Å². The standard InChI is InChI=1S/C20H24ClN5O/c1-27-20-6-3-2-5-18(20)25-13-11-24(12-14-25)9-4-10-26-19-15-16(21)7-8-17(19)22-23-26/h2-3,5-8,15H,4,9-14H2,1H3. The monoisotopic (exact) mass is 385 g/mol. The van der Waals surface area contributed by atoms with E-state index in [9.17, 15) is 0 Å². The van der Waals surface area contributed by atoms with Gasteiger partial charge >= 0.3 is 0 Å². The van der Waals surface area contributed by atoms with Crippen LogP contribution in [0.5, 0.6) is 5.75 Å². The van der Waals surface area contributed by atoms with E-state index in [0.717, 1.165) is 67.5 Å². The summed E-state index contributed by atoms with van der Waals surface area (Å²) in [4.78, 5) is 4.92. The Morgan fingerprint density at radius 1 is 1.04 bits per heavy atom. The Bertz CT molecular complexity index is 904. The molecule has 0 bridgehead atoms. The van der Waals surface area contributed by atoms with Crippen molar-refractivity contribution in [2.45, 2.75) is 13.0 Å². The average Bonchev–Trinajstić information content (AvgIpc) is 3.10. The van der Waals surface area contributed by atoms with E-state index in [1.54, 1.807) is 7.11 Å². The minimum atomic E-state index is 0.721. The molecule has 1 saturated heterocycles. The zero-order valence-corrected chi connectivity index (χ0v) is 16.3. The fourth-order valence-electron chi connectivity index (χ4n) is 3.65. The van der Waals surface area contributed by atoms with Crippen molar-refractivity contribution < 1.29 is 4.74 Å². The summed E-state index contributed by atoms with van der Waals surface area (Å²) < 4.78 is 7.45. The second-order valence-electron chi connectivity index (χ2n) is 6.80. The molecule has 2 heterocycles. The Hall–Kier alpha value is -2.31. The number of fused-ring (bicyclic) bond motifs is 1.